The van der Waals surface area contributed by atoms with Crippen LogP contribution in [0.2, 0.25) is 0 Å². The number of nitrogens with one attached hydrogen (secondary N) is 3. The lowest BCUT2D eigenvalue weighted by Gasteiger charge is -2.19. The molecule has 32 heavy (non-hydrogen) atoms. The maximum Gasteiger partial charge on any atom is 0.240 e. The maximum atomic E-state index is 12.6. The number of nitrogens with zero attached hydrogens (tertiary/aromatic N) is 2. The molecule has 0 radical (unpaired) electrons. The van der Waals surface area contributed by atoms with Crippen molar-refractivity contribution in [1.82, 2.24) is 25.2 Å². The van der Waals surface area contributed by atoms with Crippen LogP contribution >= 0.6 is 0 Å². The highest BCUT2D eigenvalue weighted by molar-refractivity contribution is 7.89. The van der Waals surface area contributed by atoms with E-state index in [-0.39, 0.29) is 29.2 Å². The summed E-state index contributed by atoms with van der Waals surface area (Å²) in [7, 11) is -3.71. The lowest BCUT2D eigenvalue weighted by molar-refractivity contribution is -0.121. The molecule has 0 bridgehead atoms. The molecule has 1 atom stereocenters. The number of benzene rings is 2. The number of sulfonamides is 1. The van der Waals surface area contributed by atoms with Crippen LogP contribution in [0.3, 0.4) is 0 Å². The first-order chi connectivity index (χ1) is 15.1. The smallest absolute Gasteiger partial charge is 0.240 e. The molecule has 0 spiro atoms. The van der Waals surface area contributed by atoms with Gasteiger partial charge in [0, 0.05) is 13.0 Å². The first-order valence-corrected chi connectivity index (χ1v) is 11.9. The average Bonchev–Trinajstić information content (AvgIpc) is 3.18. The Kier molecular flexibility index (Phi) is 7.10. The second-order valence-corrected chi connectivity index (χ2v) is 10.4. The van der Waals surface area contributed by atoms with Crippen LogP contribution in [0, 0.1) is 6.92 Å². The summed E-state index contributed by atoms with van der Waals surface area (Å²) in [6.45, 7) is 7.95. The van der Waals surface area contributed by atoms with E-state index in [0.717, 1.165) is 11.1 Å². The van der Waals surface area contributed by atoms with Crippen LogP contribution in [0.25, 0.3) is 0 Å². The Labute approximate surface area is 188 Å². The topological polar surface area (TPSA) is 117 Å². The SMILES string of the molecule is Cc1nc(C(NC(=O)CCNS(=O)(=O)c2ccc(C(C)(C)C)cc2)c2ccccc2)n[nH]1. The fraction of sp³-hybridized carbons (Fsp3) is 0.348. The van der Waals surface area contributed by atoms with E-state index in [1.165, 1.54) is 0 Å². The van der Waals surface area contributed by atoms with Crippen LogP contribution in [-0.4, -0.2) is 36.1 Å². The van der Waals surface area contributed by atoms with Gasteiger partial charge < -0.3 is 5.32 Å². The molecule has 0 aliphatic carbocycles. The molecule has 3 aromatic rings. The van der Waals surface area contributed by atoms with E-state index in [0.29, 0.717) is 11.6 Å². The molecule has 3 rings (SSSR count). The summed E-state index contributed by atoms with van der Waals surface area (Å²) in [6.07, 6.45) is -0.0218. The van der Waals surface area contributed by atoms with Crippen LogP contribution in [0.1, 0.15) is 56.0 Å². The molecule has 0 aliphatic rings. The van der Waals surface area contributed by atoms with Gasteiger partial charge in [0.1, 0.15) is 11.9 Å². The number of aryl methyl sites for hydroxylation is 1. The highest BCUT2D eigenvalue weighted by Crippen LogP contribution is 2.23. The fourth-order valence-electron chi connectivity index (χ4n) is 3.18. The second kappa shape index (κ2) is 9.62. The zero-order valence-corrected chi connectivity index (χ0v) is 19.5. The summed E-state index contributed by atoms with van der Waals surface area (Å²) >= 11 is 0. The first kappa shape index (κ1) is 23.6. The fourth-order valence-corrected chi connectivity index (χ4v) is 4.21. The molecule has 0 fully saturated rings. The van der Waals surface area contributed by atoms with E-state index in [9.17, 15) is 13.2 Å². The van der Waals surface area contributed by atoms with Crippen molar-refractivity contribution in [3.05, 3.63) is 77.4 Å². The molecule has 1 heterocycles. The summed E-state index contributed by atoms with van der Waals surface area (Å²) in [5.41, 5.74) is 1.81. The van der Waals surface area contributed by atoms with Gasteiger partial charge in [-0.2, -0.15) is 5.10 Å². The average molecular weight is 456 g/mol. The molecule has 9 heteroatoms. The number of H-pyrrole nitrogens is 1. The van der Waals surface area contributed by atoms with Crippen molar-refractivity contribution in [2.24, 2.45) is 0 Å². The highest BCUT2D eigenvalue weighted by atomic mass is 32.2. The molecule has 3 N–H and O–H groups in total. The Morgan fingerprint density at radius 1 is 1.06 bits per heavy atom. The van der Waals surface area contributed by atoms with Crippen molar-refractivity contribution in [2.75, 3.05) is 6.54 Å². The van der Waals surface area contributed by atoms with Gasteiger partial charge in [0.25, 0.3) is 0 Å². The predicted molar refractivity (Wildman–Crippen MR) is 122 cm³/mol. The first-order valence-electron chi connectivity index (χ1n) is 10.4. The van der Waals surface area contributed by atoms with Crippen molar-refractivity contribution < 1.29 is 13.2 Å². The summed E-state index contributed by atoms with van der Waals surface area (Å²) < 4.78 is 27.6. The number of carbonyl (C=O) groups excluding carboxylic acids is 1. The van der Waals surface area contributed by atoms with Crippen molar-refractivity contribution in [3.8, 4) is 0 Å². The Bertz CT molecular complexity index is 1150. The van der Waals surface area contributed by atoms with Crippen molar-refractivity contribution in [2.45, 2.75) is 50.5 Å². The van der Waals surface area contributed by atoms with E-state index in [2.05, 4.69) is 46.0 Å². The third kappa shape index (κ3) is 6.02. The Morgan fingerprint density at radius 3 is 2.28 bits per heavy atom. The van der Waals surface area contributed by atoms with Crippen LogP contribution in [0.15, 0.2) is 59.5 Å². The molecule has 1 unspecified atom stereocenters. The van der Waals surface area contributed by atoms with Crippen molar-refractivity contribution in [3.63, 3.8) is 0 Å². The molecular formula is C23H29N5O3S. The van der Waals surface area contributed by atoms with Gasteiger partial charge in [0.2, 0.25) is 15.9 Å². The predicted octanol–water partition coefficient (Wildman–Crippen LogP) is 2.98. The van der Waals surface area contributed by atoms with Crippen molar-refractivity contribution in [1.29, 1.82) is 0 Å². The summed E-state index contributed by atoms with van der Waals surface area (Å²) in [6, 6.07) is 15.6. The Morgan fingerprint density at radius 2 is 1.72 bits per heavy atom. The van der Waals surface area contributed by atoms with Crippen LogP contribution in [-0.2, 0) is 20.2 Å². The minimum atomic E-state index is -3.71. The molecule has 0 saturated carbocycles. The number of carbonyl (C=O) groups is 1. The lowest BCUT2D eigenvalue weighted by atomic mass is 9.87. The largest absolute Gasteiger partial charge is 0.342 e. The van der Waals surface area contributed by atoms with E-state index < -0.39 is 16.1 Å². The number of aromatic amines is 1. The normalized spacial score (nSPS) is 13.0. The third-order valence-corrected chi connectivity index (χ3v) is 6.46. The van der Waals surface area contributed by atoms with Gasteiger partial charge in [-0.05, 0) is 35.6 Å². The molecule has 170 valence electrons. The third-order valence-electron chi connectivity index (χ3n) is 4.99. The number of amides is 1. The van der Waals surface area contributed by atoms with Crippen LogP contribution in [0.5, 0.6) is 0 Å². The number of hydrogen-bond acceptors (Lipinski definition) is 5. The van der Waals surface area contributed by atoms with Crippen molar-refractivity contribution >= 4 is 15.9 Å². The Hall–Kier alpha value is -3.04. The van der Waals surface area contributed by atoms with Crippen LogP contribution < -0.4 is 10.0 Å². The maximum absolute atomic E-state index is 12.6. The molecule has 0 aliphatic heterocycles. The van der Waals surface area contributed by atoms with E-state index in [1.54, 1.807) is 19.1 Å². The van der Waals surface area contributed by atoms with Crippen LogP contribution in [0.4, 0.5) is 0 Å². The van der Waals surface area contributed by atoms with Gasteiger partial charge in [0.15, 0.2) is 5.82 Å². The van der Waals surface area contributed by atoms with E-state index in [4.69, 9.17) is 0 Å². The van der Waals surface area contributed by atoms with E-state index >= 15 is 0 Å². The van der Waals surface area contributed by atoms with Gasteiger partial charge in [-0.1, -0.05) is 63.2 Å². The summed E-state index contributed by atoms with van der Waals surface area (Å²) in [5, 5.41) is 9.84. The van der Waals surface area contributed by atoms with Gasteiger partial charge in [0.05, 0.1) is 4.90 Å². The molecule has 1 amide bonds. The lowest BCUT2D eigenvalue weighted by Crippen LogP contribution is -2.34. The molecule has 1 aromatic heterocycles. The van der Waals surface area contributed by atoms with Gasteiger partial charge >= 0.3 is 0 Å². The quantitative estimate of drug-likeness (QED) is 0.483. The summed E-state index contributed by atoms with van der Waals surface area (Å²) in [4.78, 5) is 17.1. The zero-order valence-electron chi connectivity index (χ0n) is 18.7. The minimum Gasteiger partial charge on any atom is -0.342 e. The summed E-state index contributed by atoms with van der Waals surface area (Å²) in [5.74, 6) is 0.772. The Balaban J connectivity index is 1.62. The number of aromatic nitrogens is 3. The highest BCUT2D eigenvalue weighted by Gasteiger charge is 2.22. The molecular weight excluding hydrogens is 426 g/mol. The minimum absolute atomic E-state index is 0.0218. The standard InChI is InChI=1S/C23H29N5O3S/c1-16-25-22(28-27-16)21(17-8-6-5-7-9-17)26-20(29)14-15-24-32(30,31)19-12-10-18(11-13-19)23(2,3)4/h5-13,21,24H,14-15H2,1-4H3,(H,26,29)(H,25,27,28). The van der Waals surface area contributed by atoms with E-state index in [1.807, 2.05) is 42.5 Å². The number of hydrogen-bond donors (Lipinski definition) is 3. The zero-order chi connectivity index (χ0) is 23.4. The van der Waals surface area contributed by atoms with Gasteiger partial charge in [-0.15, -0.1) is 0 Å². The second-order valence-electron chi connectivity index (χ2n) is 8.61. The molecule has 8 nitrogen and oxygen atoms in total. The monoisotopic (exact) mass is 455 g/mol. The number of rotatable bonds is 8. The molecule has 2 aromatic carbocycles. The van der Waals surface area contributed by atoms with Gasteiger partial charge in [-0.3, -0.25) is 9.89 Å². The van der Waals surface area contributed by atoms with Gasteiger partial charge in [-0.25, -0.2) is 18.1 Å². The molecule has 0 saturated heterocycles.